The summed E-state index contributed by atoms with van der Waals surface area (Å²) in [5.41, 5.74) is 1.34. The smallest absolute Gasteiger partial charge is 0.263 e. The number of para-hydroxylation sites is 1. The second-order valence-corrected chi connectivity index (χ2v) is 4.08. The number of rotatable bonds is 5. The highest BCUT2D eigenvalue weighted by molar-refractivity contribution is 5.91. The minimum Gasteiger partial charge on any atom is -0.482 e. The molecule has 0 aliphatic heterocycles. The fourth-order valence-corrected chi connectivity index (χ4v) is 1.61. The zero-order valence-corrected chi connectivity index (χ0v) is 11.0. The highest BCUT2D eigenvalue weighted by atomic mass is 16.5. The Bertz CT molecular complexity index is 643. The van der Waals surface area contributed by atoms with Crippen molar-refractivity contribution in [2.45, 2.75) is 13.3 Å². The number of aromatic nitrogens is 2. The first-order valence-corrected chi connectivity index (χ1v) is 6.19. The molecule has 2 rings (SSSR count). The predicted molar refractivity (Wildman–Crippen MR) is 73.2 cm³/mol. The molecule has 0 aliphatic carbocycles. The van der Waals surface area contributed by atoms with E-state index in [0.717, 1.165) is 12.1 Å². The van der Waals surface area contributed by atoms with Crippen LogP contribution >= 0.6 is 0 Å². The van der Waals surface area contributed by atoms with Gasteiger partial charge in [0.25, 0.3) is 5.91 Å². The quantitative estimate of drug-likeness (QED) is 0.867. The number of carbonyl (C=O) groups excluding carboxylic acids is 1. The monoisotopic (exact) mass is 270 g/mol. The first-order chi connectivity index (χ1) is 9.72. The highest BCUT2D eigenvalue weighted by Gasteiger charge is 2.08. The molecule has 1 heterocycles. The van der Waals surface area contributed by atoms with Crippen molar-refractivity contribution in [1.82, 2.24) is 10.2 Å². The average Bonchev–Trinajstić information content (AvgIpc) is 2.93. The van der Waals surface area contributed by atoms with Gasteiger partial charge in [0.15, 0.2) is 12.4 Å². The lowest BCUT2D eigenvalue weighted by molar-refractivity contribution is -0.118. The Hall–Kier alpha value is -2.81. The number of anilines is 1. The standard InChI is InChI=1S/C14H14N4O2/c1-2-11-7-13(18-17-11)16-14(19)9-20-12-6-4-3-5-10(12)8-15/h3-7H,2,9H2,1H3,(H2,16,17,18,19). The molecular weight excluding hydrogens is 256 g/mol. The van der Waals surface area contributed by atoms with Crippen molar-refractivity contribution in [3.05, 3.63) is 41.6 Å². The number of carbonyl (C=O) groups is 1. The van der Waals surface area contributed by atoms with E-state index in [1.165, 1.54) is 0 Å². The molecule has 0 atom stereocenters. The lowest BCUT2D eigenvalue weighted by Gasteiger charge is -2.06. The van der Waals surface area contributed by atoms with E-state index < -0.39 is 0 Å². The number of aryl methyl sites for hydroxylation is 1. The maximum atomic E-state index is 11.7. The summed E-state index contributed by atoms with van der Waals surface area (Å²) in [5.74, 6) is 0.525. The molecule has 0 spiro atoms. The van der Waals surface area contributed by atoms with Gasteiger partial charge in [-0.15, -0.1) is 0 Å². The average molecular weight is 270 g/mol. The number of benzene rings is 1. The van der Waals surface area contributed by atoms with Crippen molar-refractivity contribution in [2.24, 2.45) is 0 Å². The van der Waals surface area contributed by atoms with Crippen molar-refractivity contribution in [3.8, 4) is 11.8 Å². The Kier molecular flexibility index (Phi) is 4.35. The summed E-state index contributed by atoms with van der Waals surface area (Å²) in [5, 5.41) is 18.3. The summed E-state index contributed by atoms with van der Waals surface area (Å²) in [6.07, 6.45) is 0.814. The Labute approximate surface area is 116 Å². The highest BCUT2D eigenvalue weighted by Crippen LogP contribution is 2.16. The largest absolute Gasteiger partial charge is 0.482 e. The maximum absolute atomic E-state index is 11.7. The van der Waals surface area contributed by atoms with Crippen molar-refractivity contribution in [1.29, 1.82) is 5.26 Å². The van der Waals surface area contributed by atoms with Crippen LogP contribution in [0.3, 0.4) is 0 Å². The fourth-order valence-electron chi connectivity index (χ4n) is 1.61. The van der Waals surface area contributed by atoms with Gasteiger partial charge in [-0.2, -0.15) is 10.4 Å². The Morgan fingerprint density at radius 2 is 2.30 bits per heavy atom. The van der Waals surface area contributed by atoms with Crippen LogP contribution in [0.5, 0.6) is 5.75 Å². The molecule has 0 unspecified atom stereocenters. The zero-order valence-electron chi connectivity index (χ0n) is 11.0. The molecule has 0 saturated heterocycles. The van der Waals surface area contributed by atoms with E-state index in [1.54, 1.807) is 30.3 Å². The molecule has 1 aromatic heterocycles. The van der Waals surface area contributed by atoms with Crippen LogP contribution in [-0.2, 0) is 11.2 Å². The molecule has 0 aliphatic rings. The van der Waals surface area contributed by atoms with Crippen molar-refractivity contribution in [3.63, 3.8) is 0 Å². The number of hydrogen-bond acceptors (Lipinski definition) is 4. The Balaban J connectivity index is 1.91. The molecule has 2 N–H and O–H groups in total. The number of ether oxygens (including phenoxy) is 1. The molecule has 2 aromatic rings. The van der Waals surface area contributed by atoms with E-state index >= 15 is 0 Å². The van der Waals surface area contributed by atoms with Crippen LogP contribution in [-0.4, -0.2) is 22.7 Å². The number of amides is 1. The van der Waals surface area contributed by atoms with Crippen LogP contribution in [0.2, 0.25) is 0 Å². The van der Waals surface area contributed by atoms with Gasteiger partial charge < -0.3 is 10.1 Å². The van der Waals surface area contributed by atoms with Crippen LogP contribution < -0.4 is 10.1 Å². The third-order valence-electron chi connectivity index (χ3n) is 2.65. The second kappa shape index (κ2) is 6.38. The first kappa shape index (κ1) is 13.6. The topological polar surface area (TPSA) is 90.8 Å². The molecular formula is C14H14N4O2. The summed E-state index contributed by atoms with van der Waals surface area (Å²) in [6, 6.07) is 10.5. The van der Waals surface area contributed by atoms with Crippen molar-refractivity contribution >= 4 is 11.7 Å². The Morgan fingerprint density at radius 3 is 3.00 bits per heavy atom. The van der Waals surface area contributed by atoms with Crippen molar-refractivity contribution in [2.75, 3.05) is 11.9 Å². The first-order valence-electron chi connectivity index (χ1n) is 6.19. The van der Waals surface area contributed by atoms with Gasteiger partial charge in [-0.1, -0.05) is 19.1 Å². The second-order valence-electron chi connectivity index (χ2n) is 4.08. The van der Waals surface area contributed by atoms with Crippen LogP contribution in [0.15, 0.2) is 30.3 Å². The van der Waals surface area contributed by atoms with Gasteiger partial charge in [-0.05, 0) is 18.6 Å². The van der Waals surface area contributed by atoms with Crippen molar-refractivity contribution < 1.29 is 9.53 Å². The molecule has 102 valence electrons. The summed E-state index contributed by atoms with van der Waals surface area (Å²) < 4.78 is 5.32. The number of H-pyrrole nitrogens is 1. The summed E-state index contributed by atoms with van der Waals surface area (Å²) >= 11 is 0. The van der Waals surface area contributed by atoms with Gasteiger partial charge >= 0.3 is 0 Å². The van der Waals surface area contributed by atoms with E-state index in [-0.39, 0.29) is 12.5 Å². The minimum atomic E-state index is -0.327. The molecule has 0 saturated carbocycles. The lowest BCUT2D eigenvalue weighted by atomic mass is 10.2. The SMILES string of the molecule is CCc1cc(NC(=O)COc2ccccc2C#N)n[nH]1. The summed E-state index contributed by atoms with van der Waals surface area (Å²) in [7, 11) is 0. The number of nitrogens with one attached hydrogen (secondary N) is 2. The lowest BCUT2D eigenvalue weighted by Crippen LogP contribution is -2.20. The Morgan fingerprint density at radius 1 is 1.50 bits per heavy atom. The molecule has 6 nitrogen and oxygen atoms in total. The number of nitrogens with zero attached hydrogens (tertiary/aromatic N) is 2. The van der Waals surface area contributed by atoms with Gasteiger partial charge in [0.2, 0.25) is 0 Å². The van der Waals surface area contributed by atoms with E-state index in [0.29, 0.717) is 17.1 Å². The molecule has 1 aromatic carbocycles. The molecule has 20 heavy (non-hydrogen) atoms. The molecule has 0 bridgehead atoms. The van der Waals surface area contributed by atoms with E-state index in [9.17, 15) is 4.79 Å². The number of nitriles is 1. The third kappa shape index (κ3) is 3.36. The van der Waals surface area contributed by atoms with E-state index in [1.807, 2.05) is 13.0 Å². The fraction of sp³-hybridized carbons (Fsp3) is 0.214. The van der Waals surface area contributed by atoms with Crippen LogP contribution in [0.1, 0.15) is 18.2 Å². The van der Waals surface area contributed by atoms with Gasteiger partial charge in [0.05, 0.1) is 5.56 Å². The minimum absolute atomic E-state index is 0.174. The summed E-state index contributed by atoms with van der Waals surface area (Å²) in [4.78, 5) is 11.7. The van der Waals surface area contributed by atoms with Gasteiger partial charge in [0.1, 0.15) is 11.8 Å². The van der Waals surface area contributed by atoms with Gasteiger partial charge in [-0.3, -0.25) is 9.89 Å². The molecule has 0 fully saturated rings. The van der Waals surface area contributed by atoms with Crippen LogP contribution in [0.4, 0.5) is 5.82 Å². The predicted octanol–water partition coefficient (Wildman–Crippen LogP) is 1.86. The molecule has 6 heteroatoms. The third-order valence-corrected chi connectivity index (χ3v) is 2.65. The maximum Gasteiger partial charge on any atom is 0.263 e. The molecule has 1 amide bonds. The van der Waals surface area contributed by atoms with Gasteiger partial charge in [0, 0.05) is 11.8 Å². The van der Waals surface area contributed by atoms with Crippen LogP contribution in [0, 0.1) is 11.3 Å². The number of aromatic amines is 1. The molecule has 0 radical (unpaired) electrons. The number of hydrogen-bond donors (Lipinski definition) is 2. The van der Waals surface area contributed by atoms with E-state index in [2.05, 4.69) is 15.5 Å². The van der Waals surface area contributed by atoms with Gasteiger partial charge in [-0.25, -0.2) is 0 Å². The van der Waals surface area contributed by atoms with E-state index in [4.69, 9.17) is 10.00 Å². The zero-order chi connectivity index (χ0) is 14.4. The van der Waals surface area contributed by atoms with Crippen LogP contribution in [0.25, 0.3) is 0 Å². The summed E-state index contributed by atoms with van der Waals surface area (Å²) in [6.45, 7) is 1.81. The normalized spacial score (nSPS) is 9.80.